The maximum atomic E-state index is 12.5. The summed E-state index contributed by atoms with van der Waals surface area (Å²) in [6.45, 7) is -0.629. The molecule has 0 saturated carbocycles. The van der Waals surface area contributed by atoms with Gasteiger partial charge < -0.3 is 15.1 Å². The van der Waals surface area contributed by atoms with Crippen LogP contribution in [0.1, 0.15) is 17.2 Å². The molecule has 0 unspecified atom stereocenters. The second-order valence-corrected chi connectivity index (χ2v) is 5.60. The maximum Gasteiger partial charge on any atom is 0.323 e. The van der Waals surface area contributed by atoms with Crippen LogP contribution in [0, 0.1) is 0 Å². The van der Waals surface area contributed by atoms with Crippen LogP contribution in [0.4, 0.5) is 0 Å². The lowest BCUT2D eigenvalue weighted by molar-refractivity contribution is -0.146. The molecule has 2 N–H and O–H groups in total. The minimum absolute atomic E-state index is 0.108. The third-order valence-electron chi connectivity index (χ3n) is 4.01. The number of carboxylic acid groups (broad SMARTS) is 1. The van der Waals surface area contributed by atoms with Crippen LogP contribution in [0.5, 0.6) is 0 Å². The fourth-order valence-electron chi connectivity index (χ4n) is 2.92. The molecule has 1 saturated heterocycles. The highest BCUT2D eigenvalue weighted by Gasteiger charge is 2.46. The average Bonchev–Trinajstić information content (AvgIpc) is 2.87. The van der Waals surface area contributed by atoms with E-state index in [0.717, 1.165) is 4.90 Å². The van der Waals surface area contributed by atoms with Crippen molar-refractivity contribution in [1.82, 2.24) is 4.90 Å². The minimum Gasteiger partial charge on any atom is -0.507 e. The summed E-state index contributed by atoms with van der Waals surface area (Å²) in [4.78, 5) is 36.9. The Kier molecular flexibility index (Phi) is 4.35. The average molecular weight is 337 g/mol. The van der Waals surface area contributed by atoms with Crippen LogP contribution in [0.25, 0.3) is 5.76 Å². The number of nitrogens with zero attached hydrogens (tertiary/aromatic N) is 1. The highest BCUT2D eigenvalue weighted by molar-refractivity contribution is 6.46. The standard InChI is InChI=1S/C19H15NO5/c21-14(22)11-20-16(12-7-3-1-4-8-12)15(18(24)19(20)25)17(23)13-9-5-2-6-10-13/h1-10,16,23H,11H2,(H,21,22)/t16-/m1/s1. The lowest BCUT2D eigenvalue weighted by Crippen LogP contribution is -2.34. The molecule has 1 atom stereocenters. The van der Waals surface area contributed by atoms with Gasteiger partial charge in [0.2, 0.25) is 0 Å². The largest absolute Gasteiger partial charge is 0.507 e. The van der Waals surface area contributed by atoms with Gasteiger partial charge in [-0.05, 0) is 5.56 Å². The first kappa shape index (κ1) is 16.4. The molecular formula is C19H15NO5. The first-order valence-corrected chi connectivity index (χ1v) is 7.61. The second kappa shape index (κ2) is 6.60. The van der Waals surface area contributed by atoms with Crippen LogP contribution >= 0.6 is 0 Å². The molecule has 126 valence electrons. The summed E-state index contributed by atoms with van der Waals surface area (Å²) in [6, 6.07) is 16.0. The van der Waals surface area contributed by atoms with Gasteiger partial charge in [-0.2, -0.15) is 0 Å². The van der Waals surface area contributed by atoms with Gasteiger partial charge >= 0.3 is 5.97 Å². The third kappa shape index (κ3) is 3.01. The van der Waals surface area contributed by atoms with E-state index in [-0.39, 0.29) is 11.3 Å². The predicted molar refractivity (Wildman–Crippen MR) is 89.5 cm³/mol. The van der Waals surface area contributed by atoms with Gasteiger partial charge in [-0.3, -0.25) is 14.4 Å². The summed E-state index contributed by atoms with van der Waals surface area (Å²) in [5.41, 5.74) is 0.834. The zero-order valence-electron chi connectivity index (χ0n) is 13.1. The molecule has 0 aliphatic carbocycles. The molecular weight excluding hydrogens is 322 g/mol. The second-order valence-electron chi connectivity index (χ2n) is 5.60. The summed E-state index contributed by atoms with van der Waals surface area (Å²) >= 11 is 0. The molecule has 2 aromatic carbocycles. The number of hydrogen-bond acceptors (Lipinski definition) is 4. The fourth-order valence-corrected chi connectivity index (χ4v) is 2.92. The Morgan fingerprint density at radius 2 is 1.48 bits per heavy atom. The van der Waals surface area contributed by atoms with Gasteiger partial charge in [0.1, 0.15) is 12.3 Å². The number of carbonyl (C=O) groups excluding carboxylic acids is 2. The third-order valence-corrected chi connectivity index (χ3v) is 4.01. The summed E-state index contributed by atoms with van der Waals surface area (Å²) in [5, 5.41) is 19.7. The minimum atomic E-state index is -1.23. The SMILES string of the molecule is O=C(O)CN1C(=O)C(=O)C(=C(O)c2ccccc2)[C@H]1c1ccccc1. The van der Waals surface area contributed by atoms with Crippen molar-refractivity contribution in [2.45, 2.75) is 6.04 Å². The van der Waals surface area contributed by atoms with E-state index in [1.54, 1.807) is 60.7 Å². The molecule has 1 heterocycles. The Morgan fingerprint density at radius 1 is 0.920 bits per heavy atom. The van der Waals surface area contributed by atoms with Gasteiger partial charge in [-0.1, -0.05) is 60.7 Å². The van der Waals surface area contributed by atoms with Gasteiger partial charge in [0, 0.05) is 5.56 Å². The molecule has 6 nitrogen and oxygen atoms in total. The molecule has 0 bridgehead atoms. The number of hydrogen-bond donors (Lipinski definition) is 2. The molecule has 6 heteroatoms. The molecule has 25 heavy (non-hydrogen) atoms. The Balaban J connectivity index is 2.19. The summed E-state index contributed by atoms with van der Waals surface area (Å²) < 4.78 is 0. The number of amides is 1. The van der Waals surface area contributed by atoms with Gasteiger partial charge in [0.15, 0.2) is 0 Å². The van der Waals surface area contributed by atoms with Gasteiger partial charge in [0.05, 0.1) is 11.6 Å². The van der Waals surface area contributed by atoms with Crippen LogP contribution < -0.4 is 0 Å². The zero-order valence-corrected chi connectivity index (χ0v) is 13.1. The molecule has 1 fully saturated rings. The quantitative estimate of drug-likeness (QED) is 0.507. The highest BCUT2D eigenvalue weighted by atomic mass is 16.4. The molecule has 1 aliphatic rings. The number of aliphatic carboxylic acids is 1. The molecule has 3 rings (SSSR count). The molecule has 0 spiro atoms. The first-order valence-electron chi connectivity index (χ1n) is 7.61. The Hall–Kier alpha value is -3.41. The Morgan fingerprint density at radius 3 is 2.04 bits per heavy atom. The lowest BCUT2D eigenvalue weighted by Gasteiger charge is -2.23. The van der Waals surface area contributed by atoms with E-state index in [1.807, 2.05) is 0 Å². The van der Waals surface area contributed by atoms with Gasteiger partial charge in [0.25, 0.3) is 11.7 Å². The summed E-state index contributed by atoms with van der Waals surface area (Å²) in [7, 11) is 0. The van der Waals surface area contributed by atoms with Crippen LogP contribution in [-0.2, 0) is 14.4 Å². The van der Waals surface area contributed by atoms with Crippen LogP contribution in [0.2, 0.25) is 0 Å². The van der Waals surface area contributed by atoms with Gasteiger partial charge in [-0.25, -0.2) is 0 Å². The topological polar surface area (TPSA) is 94.9 Å². The maximum absolute atomic E-state index is 12.5. The monoisotopic (exact) mass is 337 g/mol. The number of ketones is 1. The van der Waals surface area contributed by atoms with Crippen LogP contribution in [0.3, 0.4) is 0 Å². The first-order chi connectivity index (χ1) is 12.0. The van der Waals surface area contributed by atoms with Crippen molar-refractivity contribution in [1.29, 1.82) is 0 Å². The molecule has 0 radical (unpaired) electrons. The van der Waals surface area contributed by atoms with E-state index in [2.05, 4.69) is 0 Å². The fraction of sp³-hybridized carbons (Fsp3) is 0.105. The molecule has 1 amide bonds. The smallest absolute Gasteiger partial charge is 0.323 e. The van der Waals surface area contributed by atoms with E-state index in [0.29, 0.717) is 11.1 Å². The number of aliphatic hydroxyl groups excluding tert-OH is 1. The van der Waals surface area contributed by atoms with E-state index in [1.165, 1.54) is 0 Å². The van der Waals surface area contributed by atoms with Crippen molar-refractivity contribution < 1.29 is 24.6 Å². The van der Waals surface area contributed by atoms with E-state index < -0.39 is 30.2 Å². The van der Waals surface area contributed by atoms with E-state index >= 15 is 0 Å². The summed E-state index contributed by atoms with van der Waals surface area (Å²) in [6.07, 6.45) is 0. The van der Waals surface area contributed by atoms with Crippen LogP contribution in [0.15, 0.2) is 66.2 Å². The van der Waals surface area contributed by atoms with E-state index in [9.17, 15) is 19.5 Å². The molecule has 1 aliphatic heterocycles. The van der Waals surface area contributed by atoms with Crippen molar-refractivity contribution in [3.05, 3.63) is 77.4 Å². The summed E-state index contributed by atoms with van der Waals surface area (Å²) in [5.74, 6) is -3.38. The van der Waals surface area contributed by atoms with E-state index in [4.69, 9.17) is 5.11 Å². The van der Waals surface area contributed by atoms with Gasteiger partial charge in [-0.15, -0.1) is 0 Å². The number of likely N-dealkylation sites (tertiary alicyclic amines) is 1. The Labute approximate surface area is 143 Å². The number of carboxylic acids is 1. The highest BCUT2D eigenvalue weighted by Crippen LogP contribution is 2.38. The molecule has 0 aromatic heterocycles. The lowest BCUT2D eigenvalue weighted by atomic mass is 9.95. The normalized spacial score (nSPS) is 19.2. The number of aliphatic hydroxyl groups is 1. The number of benzene rings is 2. The van der Waals surface area contributed by atoms with Crippen molar-refractivity contribution in [2.24, 2.45) is 0 Å². The van der Waals surface area contributed by atoms with Crippen molar-refractivity contribution in [3.63, 3.8) is 0 Å². The molecule has 2 aromatic rings. The number of Topliss-reactive ketones (excluding diaryl/α,β-unsaturated/α-hetero) is 1. The van der Waals surface area contributed by atoms with Crippen molar-refractivity contribution in [3.8, 4) is 0 Å². The number of rotatable bonds is 4. The Bertz CT molecular complexity index is 858. The zero-order chi connectivity index (χ0) is 18.0. The number of carbonyl (C=O) groups is 3. The van der Waals surface area contributed by atoms with Crippen molar-refractivity contribution in [2.75, 3.05) is 6.54 Å². The van der Waals surface area contributed by atoms with Crippen LogP contribution in [-0.4, -0.2) is 39.3 Å². The van der Waals surface area contributed by atoms with Crippen molar-refractivity contribution >= 4 is 23.4 Å². The predicted octanol–water partition coefficient (Wildman–Crippen LogP) is 2.19.